The maximum atomic E-state index is 12.0. The quantitative estimate of drug-likeness (QED) is 0.455. The van der Waals surface area contributed by atoms with Crippen molar-refractivity contribution in [2.75, 3.05) is 0 Å². The van der Waals surface area contributed by atoms with Gasteiger partial charge in [0.15, 0.2) is 12.4 Å². The first-order valence-electron chi connectivity index (χ1n) is 8.93. The molecule has 0 unspecified atom stereocenters. The number of aromatic nitrogens is 1. The van der Waals surface area contributed by atoms with Crippen molar-refractivity contribution in [2.45, 2.75) is 70.8 Å². The number of pyridine rings is 1. The minimum absolute atomic E-state index is 0. The van der Waals surface area contributed by atoms with Gasteiger partial charge in [0.05, 0.1) is 0 Å². The predicted octanol–water partition coefficient (Wildman–Crippen LogP) is 4.67. The zero-order valence-corrected chi connectivity index (χ0v) is 17.6. The SMILES string of the molecule is C1CCCC1.C[C@@H](NC(=O)c1ccc[n+](C)c1)C1CCCC1.[CH3-].[CH3-].[Fe+2]. The fraction of sp³-hybridized carbons (Fsp3) is 0.619. The summed E-state index contributed by atoms with van der Waals surface area (Å²) in [4.78, 5) is 12.0. The van der Waals surface area contributed by atoms with E-state index in [1.165, 1.54) is 57.8 Å². The monoisotopic (exact) mass is 389 g/mol. The van der Waals surface area contributed by atoms with Crippen LogP contribution in [0.15, 0.2) is 24.5 Å². The van der Waals surface area contributed by atoms with Gasteiger partial charge in [-0.05, 0) is 31.7 Å². The van der Waals surface area contributed by atoms with Gasteiger partial charge < -0.3 is 20.2 Å². The van der Waals surface area contributed by atoms with Crippen LogP contribution in [0.25, 0.3) is 0 Å². The molecule has 0 saturated heterocycles. The van der Waals surface area contributed by atoms with Crippen LogP contribution in [0, 0.1) is 20.8 Å². The second-order valence-corrected chi connectivity index (χ2v) is 6.83. The number of aryl methyl sites for hydroxylation is 1. The Morgan fingerprint density at radius 2 is 1.60 bits per heavy atom. The molecule has 1 amide bonds. The fourth-order valence-corrected chi connectivity index (χ4v) is 3.47. The molecule has 3 nitrogen and oxygen atoms in total. The maximum Gasteiger partial charge on any atom is 2.00 e. The molecule has 2 saturated carbocycles. The molecular weight excluding hydrogens is 352 g/mol. The van der Waals surface area contributed by atoms with Crippen LogP contribution in [0.1, 0.15) is 75.1 Å². The van der Waals surface area contributed by atoms with Crippen LogP contribution in [-0.2, 0) is 24.1 Å². The van der Waals surface area contributed by atoms with Crippen LogP contribution in [0.2, 0.25) is 0 Å². The summed E-state index contributed by atoms with van der Waals surface area (Å²) < 4.78 is 1.90. The Morgan fingerprint density at radius 3 is 2.08 bits per heavy atom. The number of carbonyl (C=O) groups is 1. The number of amides is 1. The van der Waals surface area contributed by atoms with Crippen LogP contribution in [0.5, 0.6) is 0 Å². The van der Waals surface area contributed by atoms with Crippen molar-refractivity contribution in [3.63, 3.8) is 0 Å². The minimum atomic E-state index is 0. The Balaban J connectivity index is 0. The van der Waals surface area contributed by atoms with Gasteiger partial charge in [0.1, 0.15) is 12.6 Å². The average Bonchev–Trinajstić information content (AvgIpc) is 3.23. The normalized spacial score (nSPS) is 17.0. The van der Waals surface area contributed by atoms with Gasteiger partial charge in [-0.2, -0.15) is 0 Å². The molecule has 144 valence electrons. The summed E-state index contributed by atoms with van der Waals surface area (Å²) in [5.41, 5.74) is 0.736. The zero-order valence-electron chi connectivity index (χ0n) is 16.5. The summed E-state index contributed by atoms with van der Waals surface area (Å²) in [6.45, 7) is 2.12. The van der Waals surface area contributed by atoms with Crippen molar-refractivity contribution in [1.82, 2.24) is 5.32 Å². The summed E-state index contributed by atoms with van der Waals surface area (Å²) in [5.74, 6) is 0.706. The first-order valence-corrected chi connectivity index (χ1v) is 8.93. The Hall–Kier alpha value is -0.861. The standard InChI is InChI=1S/C14H20N2O.C5H10.2CH3.Fe/c1-11(12-6-3-4-7-12)15-14(17)13-8-5-9-16(2)10-13;1-2-4-5-3-1;;;/h5,8-12H,3-4,6-7H2,1-2H3;1-5H2;2*1H3;/q;;2*-1;+2/p+1/t11-;;;;/m1..../s1. The van der Waals surface area contributed by atoms with E-state index in [4.69, 9.17) is 0 Å². The summed E-state index contributed by atoms with van der Waals surface area (Å²) >= 11 is 0. The van der Waals surface area contributed by atoms with E-state index in [1.54, 1.807) is 0 Å². The van der Waals surface area contributed by atoms with Gasteiger partial charge in [-0.3, -0.25) is 4.79 Å². The van der Waals surface area contributed by atoms with Crippen molar-refractivity contribution in [1.29, 1.82) is 0 Å². The molecule has 0 spiro atoms. The van der Waals surface area contributed by atoms with Crippen molar-refractivity contribution in [3.8, 4) is 0 Å². The van der Waals surface area contributed by atoms with Gasteiger partial charge in [0, 0.05) is 12.1 Å². The molecule has 2 fully saturated rings. The molecule has 3 rings (SSSR count). The summed E-state index contributed by atoms with van der Waals surface area (Å²) in [5, 5.41) is 3.11. The van der Waals surface area contributed by atoms with Gasteiger partial charge in [-0.25, -0.2) is 4.57 Å². The van der Waals surface area contributed by atoms with Crippen molar-refractivity contribution in [3.05, 3.63) is 44.9 Å². The predicted molar refractivity (Wildman–Crippen MR) is 102 cm³/mol. The second-order valence-electron chi connectivity index (χ2n) is 6.83. The zero-order chi connectivity index (χ0) is 15.8. The van der Waals surface area contributed by atoms with Crippen LogP contribution in [0.4, 0.5) is 0 Å². The van der Waals surface area contributed by atoms with Crippen LogP contribution < -0.4 is 9.88 Å². The Bertz CT molecular complexity index is 461. The largest absolute Gasteiger partial charge is 2.00 e. The topological polar surface area (TPSA) is 33.0 Å². The number of rotatable bonds is 3. The molecule has 0 bridgehead atoms. The van der Waals surface area contributed by atoms with Crippen molar-refractivity contribution in [2.24, 2.45) is 13.0 Å². The molecule has 1 N–H and O–H groups in total. The third kappa shape index (κ3) is 9.42. The number of carbonyl (C=O) groups excluding carboxylic acids is 1. The minimum Gasteiger partial charge on any atom is -0.358 e. The van der Waals surface area contributed by atoms with E-state index in [-0.39, 0.29) is 43.9 Å². The number of hydrogen-bond donors (Lipinski definition) is 1. The van der Waals surface area contributed by atoms with Crippen LogP contribution >= 0.6 is 0 Å². The van der Waals surface area contributed by atoms with Crippen molar-refractivity contribution < 1.29 is 26.4 Å². The molecule has 1 aromatic heterocycles. The number of nitrogens with one attached hydrogen (secondary N) is 1. The molecule has 0 aromatic carbocycles. The molecule has 0 radical (unpaired) electrons. The van der Waals surface area contributed by atoms with Gasteiger partial charge in [0.2, 0.25) is 0 Å². The molecule has 0 aliphatic heterocycles. The summed E-state index contributed by atoms with van der Waals surface area (Å²) in [7, 11) is 1.93. The van der Waals surface area contributed by atoms with E-state index >= 15 is 0 Å². The van der Waals surface area contributed by atoms with Gasteiger partial charge in [0.25, 0.3) is 5.91 Å². The van der Waals surface area contributed by atoms with Gasteiger partial charge in [-0.1, -0.05) is 44.9 Å². The van der Waals surface area contributed by atoms with E-state index in [0.29, 0.717) is 5.92 Å². The van der Waals surface area contributed by atoms with Crippen LogP contribution in [0.3, 0.4) is 0 Å². The Kier molecular flexibility index (Phi) is 15.1. The maximum absolute atomic E-state index is 12.0. The second kappa shape index (κ2) is 14.3. The smallest absolute Gasteiger partial charge is 0.358 e. The van der Waals surface area contributed by atoms with E-state index in [0.717, 1.165) is 5.56 Å². The van der Waals surface area contributed by atoms with Gasteiger partial charge in [-0.15, -0.1) is 0 Å². The first kappa shape index (κ1) is 26.4. The molecule has 2 aliphatic carbocycles. The first-order chi connectivity index (χ1) is 10.7. The molecule has 25 heavy (non-hydrogen) atoms. The van der Waals surface area contributed by atoms with Gasteiger partial charge >= 0.3 is 17.1 Å². The van der Waals surface area contributed by atoms with Crippen LogP contribution in [-0.4, -0.2) is 11.9 Å². The fourth-order valence-electron chi connectivity index (χ4n) is 3.47. The number of nitrogens with zero attached hydrogens (tertiary/aromatic N) is 1. The third-order valence-corrected chi connectivity index (χ3v) is 4.92. The van der Waals surface area contributed by atoms with E-state index in [1.807, 2.05) is 36.1 Å². The Labute approximate surface area is 166 Å². The molecule has 2 aliphatic rings. The summed E-state index contributed by atoms with van der Waals surface area (Å²) in [6, 6.07) is 4.04. The van der Waals surface area contributed by atoms with E-state index < -0.39 is 0 Å². The van der Waals surface area contributed by atoms with E-state index in [2.05, 4.69) is 12.2 Å². The third-order valence-electron chi connectivity index (χ3n) is 4.92. The average molecular weight is 389 g/mol. The molecule has 4 heteroatoms. The summed E-state index contributed by atoms with van der Waals surface area (Å²) in [6.07, 6.45) is 16.4. The van der Waals surface area contributed by atoms with Crippen molar-refractivity contribution >= 4 is 5.91 Å². The Morgan fingerprint density at radius 1 is 1.08 bits per heavy atom. The molecule has 1 heterocycles. The molecule has 1 aromatic rings. The molecule has 1 atom stereocenters. The number of hydrogen-bond acceptors (Lipinski definition) is 1. The molecular formula is C21H37FeN2O+. The van der Waals surface area contributed by atoms with E-state index in [9.17, 15) is 4.79 Å².